The SMILES string of the molecule is CC1CC(N2C(=O)C(C(C)(C)C)NC(=O)C2C)CCN1C. The first kappa shape index (κ1) is 16.3. The first-order valence-electron chi connectivity index (χ1n) is 7.95. The van der Waals surface area contributed by atoms with Gasteiger partial charge in [0.05, 0.1) is 0 Å². The maximum atomic E-state index is 12.9. The summed E-state index contributed by atoms with van der Waals surface area (Å²) in [5.74, 6) is 0.0532. The molecule has 0 saturated carbocycles. The van der Waals surface area contributed by atoms with Gasteiger partial charge in [-0.15, -0.1) is 0 Å². The number of carbonyl (C=O) groups is 2. The highest BCUT2D eigenvalue weighted by Gasteiger charge is 2.46. The van der Waals surface area contributed by atoms with E-state index in [1.807, 2.05) is 32.6 Å². The summed E-state index contributed by atoms with van der Waals surface area (Å²) in [5, 5.41) is 2.90. The van der Waals surface area contributed by atoms with E-state index in [2.05, 4.69) is 24.2 Å². The van der Waals surface area contributed by atoms with Crippen molar-refractivity contribution in [1.82, 2.24) is 15.1 Å². The van der Waals surface area contributed by atoms with Gasteiger partial charge in [0.1, 0.15) is 12.1 Å². The summed E-state index contributed by atoms with van der Waals surface area (Å²) in [5.41, 5.74) is -0.262. The lowest BCUT2D eigenvalue weighted by Crippen LogP contribution is -2.68. The predicted octanol–water partition coefficient (Wildman–Crippen LogP) is 1.23. The number of nitrogens with one attached hydrogen (secondary N) is 1. The molecule has 2 heterocycles. The van der Waals surface area contributed by atoms with Gasteiger partial charge in [-0.1, -0.05) is 20.8 Å². The topological polar surface area (TPSA) is 52.7 Å². The minimum Gasteiger partial charge on any atom is -0.342 e. The Labute approximate surface area is 128 Å². The van der Waals surface area contributed by atoms with Gasteiger partial charge in [0.2, 0.25) is 11.8 Å². The molecular weight excluding hydrogens is 266 g/mol. The second-order valence-corrected chi connectivity index (χ2v) is 7.74. The zero-order valence-corrected chi connectivity index (χ0v) is 14.1. The van der Waals surface area contributed by atoms with E-state index in [0.29, 0.717) is 6.04 Å². The Morgan fingerprint density at radius 1 is 1.19 bits per heavy atom. The third-order valence-electron chi connectivity index (χ3n) is 5.02. The van der Waals surface area contributed by atoms with Crippen LogP contribution in [-0.2, 0) is 9.59 Å². The van der Waals surface area contributed by atoms with Crippen LogP contribution < -0.4 is 5.32 Å². The van der Waals surface area contributed by atoms with Crippen LogP contribution in [0.2, 0.25) is 0 Å². The average molecular weight is 295 g/mol. The minimum atomic E-state index is -0.420. The van der Waals surface area contributed by atoms with E-state index in [9.17, 15) is 9.59 Å². The Hall–Kier alpha value is -1.10. The van der Waals surface area contributed by atoms with E-state index in [1.54, 1.807) is 0 Å². The van der Waals surface area contributed by atoms with Gasteiger partial charge in [0.25, 0.3) is 0 Å². The summed E-state index contributed by atoms with van der Waals surface area (Å²) in [6, 6.07) is -0.163. The third-order valence-corrected chi connectivity index (χ3v) is 5.02. The number of amides is 2. The standard InChI is InChI=1S/C16H29N3O2/c1-10-9-12(7-8-18(10)6)19-11(2)14(20)17-13(15(19)21)16(3,4)5/h10-13H,7-9H2,1-6H3,(H,17,20). The second kappa shape index (κ2) is 5.59. The highest BCUT2D eigenvalue weighted by atomic mass is 16.2. The lowest BCUT2D eigenvalue weighted by molar-refractivity contribution is -0.156. The van der Waals surface area contributed by atoms with Crippen molar-refractivity contribution in [3.8, 4) is 0 Å². The van der Waals surface area contributed by atoms with E-state index in [-0.39, 0.29) is 29.3 Å². The highest BCUT2D eigenvalue weighted by molar-refractivity contribution is 5.97. The van der Waals surface area contributed by atoms with E-state index < -0.39 is 6.04 Å². The molecule has 5 heteroatoms. The molecule has 0 aromatic heterocycles. The lowest BCUT2D eigenvalue weighted by Gasteiger charge is -2.48. The Morgan fingerprint density at radius 3 is 2.33 bits per heavy atom. The number of carbonyl (C=O) groups excluding carboxylic acids is 2. The van der Waals surface area contributed by atoms with Crippen LogP contribution in [0.15, 0.2) is 0 Å². The van der Waals surface area contributed by atoms with Gasteiger partial charge < -0.3 is 15.1 Å². The van der Waals surface area contributed by atoms with Crippen molar-refractivity contribution in [2.75, 3.05) is 13.6 Å². The number of piperazine rings is 1. The van der Waals surface area contributed by atoms with Crippen molar-refractivity contribution in [1.29, 1.82) is 0 Å². The zero-order chi connectivity index (χ0) is 15.9. The molecule has 0 bridgehead atoms. The van der Waals surface area contributed by atoms with Crippen LogP contribution >= 0.6 is 0 Å². The second-order valence-electron chi connectivity index (χ2n) is 7.74. The van der Waals surface area contributed by atoms with Crippen LogP contribution in [0.3, 0.4) is 0 Å². The van der Waals surface area contributed by atoms with Crippen LogP contribution in [0.1, 0.15) is 47.5 Å². The Kier molecular flexibility index (Phi) is 4.34. The van der Waals surface area contributed by atoms with E-state index in [4.69, 9.17) is 0 Å². The first-order valence-corrected chi connectivity index (χ1v) is 7.95. The van der Waals surface area contributed by atoms with Crippen LogP contribution in [0.25, 0.3) is 0 Å². The molecule has 2 aliphatic rings. The lowest BCUT2D eigenvalue weighted by atomic mass is 9.82. The summed E-state index contributed by atoms with van der Waals surface area (Å²) < 4.78 is 0. The fourth-order valence-electron chi connectivity index (χ4n) is 3.39. The van der Waals surface area contributed by atoms with Crippen LogP contribution in [0.4, 0.5) is 0 Å². The minimum absolute atomic E-state index is 0.0268. The fourth-order valence-corrected chi connectivity index (χ4v) is 3.39. The Morgan fingerprint density at radius 2 is 1.81 bits per heavy atom. The van der Waals surface area contributed by atoms with Crippen molar-refractivity contribution in [3.63, 3.8) is 0 Å². The molecule has 0 spiro atoms. The number of hydrogen-bond donors (Lipinski definition) is 1. The summed E-state index contributed by atoms with van der Waals surface area (Å²) >= 11 is 0. The van der Waals surface area contributed by atoms with Crippen molar-refractivity contribution in [3.05, 3.63) is 0 Å². The highest BCUT2D eigenvalue weighted by Crippen LogP contribution is 2.30. The molecule has 0 aromatic carbocycles. The Balaban J connectivity index is 2.23. The van der Waals surface area contributed by atoms with Gasteiger partial charge in [0.15, 0.2) is 0 Å². The maximum absolute atomic E-state index is 12.9. The molecule has 4 atom stereocenters. The summed E-state index contributed by atoms with van der Waals surface area (Å²) in [4.78, 5) is 29.4. The van der Waals surface area contributed by atoms with Crippen molar-refractivity contribution < 1.29 is 9.59 Å². The Bertz CT molecular complexity index is 430. The van der Waals surface area contributed by atoms with Gasteiger partial charge in [-0.2, -0.15) is 0 Å². The molecule has 2 amide bonds. The molecule has 1 N–H and O–H groups in total. The summed E-state index contributed by atoms with van der Waals surface area (Å²) in [7, 11) is 2.12. The maximum Gasteiger partial charge on any atom is 0.246 e. The number of rotatable bonds is 1. The van der Waals surface area contributed by atoms with E-state index >= 15 is 0 Å². The number of nitrogens with zero attached hydrogens (tertiary/aromatic N) is 2. The number of likely N-dealkylation sites (tertiary alicyclic amines) is 1. The smallest absolute Gasteiger partial charge is 0.246 e. The fraction of sp³-hybridized carbons (Fsp3) is 0.875. The molecule has 2 saturated heterocycles. The van der Waals surface area contributed by atoms with Crippen molar-refractivity contribution in [2.45, 2.75) is 71.6 Å². The predicted molar refractivity (Wildman–Crippen MR) is 82.8 cm³/mol. The quantitative estimate of drug-likeness (QED) is 0.791. The molecule has 2 rings (SSSR count). The first-order chi connectivity index (χ1) is 9.62. The zero-order valence-electron chi connectivity index (χ0n) is 14.1. The van der Waals surface area contributed by atoms with E-state index in [1.165, 1.54) is 0 Å². The largest absolute Gasteiger partial charge is 0.342 e. The molecular formula is C16H29N3O2. The molecule has 21 heavy (non-hydrogen) atoms. The molecule has 2 aliphatic heterocycles. The molecule has 0 aliphatic carbocycles. The van der Waals surface area contributed by atoms with Crippen LogP contribution in [-0.4, -0.2) is 59.4 Å². The summed E-state index contributed by atoms with van der Waals surface area (Å²) in [6.45, 7) is 11.0. The average Bonchev–Trinajstić information content (AvgIpc) is 2.37. The van der Waals surface area contributed by atoms with Crippen LogP contribution in [0, 0.1) is 5.41 Å². The van der Waals surface area contributed by atoms with Crippen molar-refractivity contribution >= 4 is 11.8 Å². The van der Waals surface area contributed by atoms with Crippen LogP contribution in [0.5, 0.6) is 0 Å². The third kappa shape index (κ3) is 3.07. The van der Waals surface area contributed by atoms with E-state index in [0.717, 1.165) is 19.4 Å². The van der Waals surface area contributed by atoms with Gasteiger partial charge >= 0.3 is 0 Å². The normalized spacial score (nSPS) is 35.8. The summed E-state index contributed by atoms with van der Waals surface area (Å²) in [6.07, 6.45) is 1.89. The monoisotopic (exact) mass is 295 g/mol. The van der Waals surface area contributed by atoms with Gasteiger partial charge in [-0.25, -0.2) is 0 Å². The van der Waals surface area contributed by atoms with Gasteiger partial charge in [-0.05, 0) is 39.2 Å². The van der Waals surface area contributed by atoms with Gasteiger partial charge in [-0.3, -0.25) is 9.59 Å². The molecule has 5 nitrogen and oxygen atoms in total. The van der Waals surface area contributed by atoms with Gasteiger partial charge in [0, 0.05) is 18.6 Å². The molecule has 4 unspecified atom stereocenters. The number of hydrogen-bond acceptors (Lipinski definition) is 3. The molecule has 120 valence electrons. The molecule has 0 aromatic rings. The molecule has 0 radical (unpaired) electrons. The van der Waals surface area contributed by atoms with Crippen molar-refractivity contribution in [2.24, 2.45) is 5.41 Å². The number of piperidine rings is 1. The molecule has 2 fully saturated rings.